The molecule has 0 aromatic heterocycles. The second kappa shape index (κ2) is 23.2. The van der Waals surface area contributed by atoms with Gasteiger partial charge in [0, 0.05) is 25.4 Å². The van der Waals surface area contributed by atoms with Crippen LogP contribution in [0.5, 0.6) is 0 Å². The topological polar surface area (TPSA) is 71.1 Å². The van der Waals surface area contributed by atoms with E-state index in [2.05, 4.69) is 51.3 Å². The van der Waals surface area contributed by atoms with E-state index in [1.54, 1.807) is 0 Å². The van der Waals surface area contributed by atoms with Crippen LogP contribution in [0.15, 0.2) is 49.6 Å². The highest BCUT2D eigenvalue weighted by Crippen LogP contribution is 2.51. The van der Waals surface area contributed by atoms with Gasteiger partial charge in [-0.15, -0.1) is 0 Å². The van der Waals surface area contributed by atoms with Crippen LogP contribution in [0.1, 0.15) is 179 Å². The van der Waals surface area contributed by atoms with Gasteiger partial charge in [0.1, 0.15) is 0 Å². The molecule has 6 heteroatoms. The first-order valence-electron chi connectivity index (χ1n) is 23.3. The van der Waals surface area contributed by atoms with E-state index in [1.165, 1.54) is 126 Å². The van der Waals surface area contributed by atoms with Gasteiger partial charge in [-0.2, -0.15) is 0 Å². The van der Waals surface area contributed by atoms with E-state index < -0.39 is 0 Å². The summed E-state index contributed by atoms with van der Waals surface area (Å²) < 4.78 is 24.5. The van der Waals surface area contributed by atoms with Crippen molar-refractivity contribution < 1.29 is 28.5 Å². The van der Waals surface area contributed by atoms with Crippen LogP contribution in [-0.4, -0.2) is 38.4 Å². The van der Waals surface area contributed by atoms with Crippen LogP contribution in [0.25, 0.3) is 0 Å². The molecule has 0 unspecified atom stereocenters. The highest BCUT2D eigenvalue weighted by Gasteiger charge is 2.43. The van der Waals surface area contributed by atoms with E-state index in [-0.39, 0.29) is 23.1 Å². The number of carbonyl (C=O) groups is 2. The van der Waals surface area contributed by atoms with Crippen LogP contribution >= 0.6 is 0 Å². The number of rotatable bonds is 22. The standard InChI is InChI=1S/C50H78O6/c1-5-13-39-15-19-41(20-16-39)43-27-31-49(32-28-43,55-37-11-9-35-53-47(51)7-3)45-23-25-46(26-24-45)50(56-38-12-10-36-54-48(52)8-4)33-29-44(30-34-50)42-21-17-40(14-6-2)18-22-42/h7-8,23-26,39-44H,3-6,9-22,27-38H2,1-2H3. The lowest BCUT2D eigenvalue weighted by Crippen LogP contribution is -2.38. The van der Waals surface area contributed by atoms with Crippen LogP contribution in [-0.2, 0) is 39.7 Å². The third kappa shape index (κ3) is 12.8. The average Bonchev–Trinajstić information content (AvgIpc) is 3.24. The normalized spacial score (nSPS) is 31.0. The van der Waals surface area contributed by atoms with Gasteiger partial charge in [0.15, 0.2) is 0 Å². The number of esters is 2. The molecule has 0 atom stereocenters. The van der Waals surface area contributed by atoms with Crippen molar-refractivity contribution in [3.8, 4) is 0 Å². The molecular weight excluding hydrogens is 697 g/mol. The molecule has 0 aliphatic heterocycles. The Morgan fingerprint density at radius 1 is 0.536 bits per heavy atom. The molecule has 314 valence electrons. The molecule has 4 fully saturated rings. The Balaban J connectivity index is 1.26. The lowest BCUT2D eigenvalue weighted by Gasteiger charge is -2.45. The summed E-state index contributed by atoms with van der Waals surface area (Å²) >= 11 is 0. The molecule has 56 heavy (non-hydrogen) atoms. The summed E-state index contributed by atoms with van der Waals surface area (Å²) in [5.41, 5.74) is 2.05. The Kier molecular flexibility index (Phi) is 18.5. The SMILES string of the molecule is C=CC(=O)OCCCCOC1(c2ccc(C3(OCCCCOC(=O)C=C)CCC(C4CCC(CCC)CC4)CC3)cc2)CCC(C2CCC(CCC)CC2)CC1. The van der Waals surface area contributed by atoms with Crippen molar-refractivity contribution in [3.63, 3.8) is 0 Å². The maximum atomic E-state index is 11.6. The zero-order valence-electron chi connectivity index (χ0n) is 35.6. The molecule has 1 aromatic carbocycles. The Labute approximate surface area is 341 Å². The molecule has 6 nitrogen and oxygen atoms in total. The van der Waals surface area contributed by atoms with Gasteiger partial charge in [-0.25, -0.2) is 9.59 Å². The minimum atomic E-state index is -0.358. The van der Waals surface area contributed by atoms with Gasteiger partial charge in [0.05, 0.1) is 24.4 Å². The molecule has 4 aliphatic rings. The number of ether oxygens (including phenoxy) is 4. The zero-order chi connectivity index (χ0) is 39.6. The van der Waals surface area contributed by atoms with E-state index in [0.29, 0.717) is 26.4 Å². The van der Waals surface area contributed by atoms with Crippen molar-refractivity contribution in [3.05, 3.63) is 60.7 Å². The van der Waals surface area contributed by atoms with Crippen LogP contribution in [0.3, 0.4) is 0 Å². The molecule has 0 radical (unpaired) electrons. The van der Waals surface area contributed by atoms with Crippen LogP contribution in [0.4, 0.5) is 0 Å². The van der Waals surface area contributed by atoms with Gasteiger partial charge >= 0.3 is 11.9 Å². The van der Waals surface area contributed by atoms with Crippen molar-refractivity contribution in [2.24, 2.45) is 35.5 Å². The highest BCUT2D eigenvalue weighted by molar-refractivity contribution is 5.81. The molecule has 0 N–H and O–H groups in total. The first-order chi connectivity index (χ1) is 27.3. The van der Waals surface area contributed by atoms with E-state index in [1.807, 2.05) is 0 Å². The fraction of sp³-hybridized carbons (Fsp3) is 0.760. The fourth-order valence-electron chi connectivity index (χ4n) is 11.4. The van der Waals surface area contributed by atoms with E-state index in [0.717, 1.165) is 86.9 Å². The smallest absolute Gasteiger partial charge is 0.330 e. The molecule has 1 aromatic rings. The zero-order valence-corrected chi connectivity index (χ0v) is 35.6. The van der Waals surface area contributed by atoms with Gasteiger partial charge < -0.3 is 18.9 Å². The van der Waals surface area contributed by atoms with Crippen molar-refractivity contribution in [1.29, 1.82) is 0 Å². The molecule has 0 saturated heterocycles. The number of unbranched alkanes of at least 4 members (excludes halogenated alkanes) is 2. The Bertz CT molecular complexity index is 1200. The number of carbonyl (C=O) groups excluding carboxylic acids is 2. The van der Waals surface area contributed by atoms with Crippen molar-refractivity contribution in [1.82, 2.24) is 0 Å². The van der Waals surface area contributed by atoms with Gasteiger partial charge in [0.25, 0.3) is 0 Å². The molecule has 0 spiro atoms. The minimum absolute atomic E-state index is 0.280. The maximum absolute atomic E-state index is 11.6. The summed E-state index contributed by atoms with van der Waals surface area (Å²) in [4.78, 5) is 23.1. The summed E-state index contributed by atoms with van der Waals surface area (Å²) in [6.45, 7) is 13.8. The highest BCUT2D eigenvalue weighted by atomic mass is 16.5. The van der Waals surface area contributed by atoms with Crippen LogP contribution in [0, 0.1) is 35.5 Å². The largest absolute Gasteiger partial charge is 0.463 e. The third-order valence-electron chi connectivity index (χ3n) is 14.8. The molecule has 0 bridgehead atoms. The van der Waals surface area contributed by atoms with Crippen molar-refractivity contribution in [2.45, 2.75) is 179 Å². The Morgan fingerprint density at radius 3 is 1.18 bits per heavy atom. The van der Waals surface area contributed by atoms with Crippen molar-refractivity contribution >= 4 is 11.9 Å². The second-order valence-corrected chi connectivity index (χ2v) is 18.2. The first kappa shape index (κ1) is 44.7. The quantitative estimate of drug-likeness (QED) is 0.0664. The van der Waals surface area contributed by atoms with Gasteiger partial charge in [-0.05, 0) is 149 Å². The number of hydrogen-bond acceptors (Lipinski definition) is 6. The maximum Gasteiger partial charge on any atom is 0.330 e. The third-order valence-corrected chi connectivity index (χ3v) is 14.8. The predicted molar refractivity (Wildman–Crippen MR) is 227 cm³/mol. The van der Waals surface area contributed by atoms with E-state index in [9.17, 15) is 9.59 Å². The molecule has 0 heterocycles. The minimum Gasteiger partial charge on any atom is -0.463 e. The van der Waals surface area contributed by atoms with Crippen LogP contribution in [0.2, 0.25) is 0 Å². The Morgan fingerprint density at radius 2 is 0.857 bits per heavy atom. The number of hydrogen-bond donors (Lipinski definition) is 0. The lowest BCUT2D eigenvalue weighted by atomic mass is 9.65. The monoisotopic (exact) mass is 775 g/mol. The number of benzene rings is 1. The summed E-state index contributed by atoms with van der Waals surface area (Å²) in [6.07, 6.45) is 31.7. The molecule has 0 amide bonds. The van der Waals surface area contributed by atoms with Gasteiger partial charge in [0.2, 0.25) is 0 Å². The second-order valence-electron chi connectivity index (χ2n) is 18.2. The molecular formula is C50H78O6. The summed E-state index contributed by atoms with van der Waals surface area (Å²) in [5, 5.41) is 0. The summed E-state index contributed by atoms with van der Waals surface area (Å²) in [6, 6.07) is 9.49. The molecule has 4 aliphatic carbocycles. The predicted octanol–water partition coefficient (Wildman–Crippen LogP) is 12.7. The summed E-state index contributed by atoms with van der Waals surface area (Å²) in [7, 11) is 0. The average molecular weight is 775 g/mol. The Hall–Kier alpha value is -2.44. The molecule has 4 saturated carbocycles. The van der Waals surface area contributed by atoms with E-state index >= 15 is 0 Å². The lowest BCUT2D eigenvalue weighted by molar-refractivity contribution is -0.139. The summed E-state index contributed by atoms with van der Waals surface area (Å²) in [5.74, 6) is 4.53. The fourth-order valence-corrected chi connectivity index (χ4v) is 11.4. The van der Waals surface area contributed by atoms with Crippen LogP contribution < -0.4 is 0 Å². The van der Waals surface area contributed by atoms with Crippen molar-refractivity contribution in [2.75, 3.05) is 26.4 Å². The first-order valence-corrected chi connectivity index (χ1v) is 23.3. The van der Waals surface area contributed by atoms with Gasteiger partial charge in [-0.1, -0.05) is 103 Å². The van der Waals surface area contributed by atoms with Gasteiger partial charge in [-0.3, -0.25) is 0 Å². The molecule has 5 rings (SSSR count). The van der Waals surface area contributed by atoms with E-state index in [4.69, 9.17) is 18.9 Å².